The summed E-state index contributed by atoms with van der Waals surface area (Å²) in [6, 6.07) is 3.95. The minimum absolute atomic E-state index is 0.715. The largest absolute Gasteiger partial charge is 0.347 e. The molecular formula is C12H13N3S. The maximum absolute atomic E-state index is 5.26. The van der Waals surface area contributed by atoms with E-state index in [1.165, 1.54) is 0 Å². The van der Waals surface area contributed by atoms with Crippen LogP contribution in [0.1, 0.15) is 22.6 Å². The van der Waals surface area contributed by atoms with Gasteiger partial charge in [0.25, 0.3) is 0 Å². The molecule has 4 heteroatoms. The molecule has 1 N–H and O–H groups in total. The number of rotatable bonds is 2. The Balaban J connectivity index is 2.36. The van der Waals surface area contributed by atoms with Crippen molar-refractivity contribution in [1.29, 1.82) is 0 Å². The maximum Gasteiger partial charge on any atom is 0.125 e. The van der Waals surface area contributed by atoms with Gasteiger partial charge in [-0.1, -0.05) is 18.3 Å². The zero-order valence-electron chi connectivity index (χ0n) is 9.32. The fourth-order valence-corrected chi connectivity index (χ4v) is 1.76. The van der Waals surface area contributed by atoms with Crippen LogP contribution in [0.2, 0.25) is 0 Å². The summed E-state index contributed by atoms with van der Waals surface area (Å²) in [5, 5.41) is 0. The lowest BCUT2D eigenvalue weighted by molar-refractivity contribution is 0.943. The molecule has 2 rings (SSSR count). The number of aryl methyl sites for hydroxylation is 2. The Labute approximate surface area is 99.6 Å². The molecular weight excluding hydrogens is 218 g/mol. The molecule has 82 valence electrons. The van der Waals surface area contributed by atoms with Gasteiger partial charge in [0.1, 0.15) is 4.64 Å². The predicted molar refractivity (Wildman–Crippen MR) is 65.9 cm³/mol. The maximum atomic E-state index is 5.26. The molecule has 0 aliphatic heterocycles. The first kappa shape index (κ1) is 11.0. The second kappa shape index (κ2) is 4.53. The van der Waals surface area contributed by atoms with Crippen molar-refractivity contribution >= 4 is 12.2 Å². The normalized spacial score (nSPS) is 10.4. The second-order valence-electron chi connectivity index (χ2n) is 3.76. The Morgan fingerprint density at radius 2 is 2.19 bits per heavy atom. The molecule has 0 aliphatic carbocycles. The Bertz CT molecular complexity index is 546. The van der Waals surface area contributed by atoms with E-state index in [4.69, 9.17) is 12.2 Å². The van der Waals surface area contributed by atoms with E-state index in [1.807, 2.05) is 32.2 Å². The SMILES string of the molecule is Cc1nc(Cc2cccnc2)c(=S)[nH]c1C. The van der Waals surface area contributed by atoms with Crippen molar-refractivity contribution in [3.63, 3.8) is 0 Å². The number of nitrogens with zero attached hydrogens (tertiary/aromatic N) is 2. The summed E-state index contributed by atoms with van der Waals surface area (Å²) in [7, 11) is 0. The number of aromatic amines is 1. The summed E-state index contributed by atoms with van der Waals surface area (Å²) in [5.74, 6) is 0. The fraction of sp³-hybridized carbons (Fsp3) is 0.250. The molecule has 0 aliphatic rings. The number of H-pyrrole nitrogens is 1. The van der Waals surface area contributed by atoms with E-state index in [2.05, 4.69) is 15.0 Å². The molecule has 0 saturated carbocycles. The minimum Gasteiger partial charge on any atom is -0.347 e. The van der Waals surface area contributed by atoms with Crippen molar-refractivity contribution < 1.29 is 0 Å². The molecule has 2 aromatic rings. The topological polar surface area (TPSA) is 41.6 Å². The van der Waals surface area contributed by atoms with Gasteiger partial charge >= 0.3 is 0 Å². The second-order valence-corrected chi connectivity index (χ2v) is 4.17. The average Bonchev–Trinajstić information content (AvgIpc) is 2.27. The molecule has 3 nitrogen and oxygen atoms in total. The Kier molecular flexibility index (Phi) is 3.10. The number of hydrogen-bond acceptors (Lipinski definition) is 3. The van der Waals surface area contributed by atoms with Gasteiger partial charge < -0.3 is 4.98 Å². The van der Waals surface area contributed by atoms with E-state index in [-0.39, 0.29) is 0 Å². The molecule has 0 atom stereocenters. The van der Waals surface area contributed by atoms with E-state index in [1.54, 1.807) is 6.20 Å². The van der Waals surface area contributed by atoms with Crippen LogP contribution in [0.3, 0.4) is 0 Å². The van der Waals surface area contributed by atoms with E-state index >= 15 is 0 Å². The lowest BCUT2D eigenvalue weighted by atomic mass is 10.1. The van der Waals surface area contributed by atoms with Crippen molar-refractivity contribution in [2.24, 2.45) is 0 Å². The summed E-state index contributed by atoms with van der Waals surface area (Å²) >= 11 is 5.26. The third kappa shape index (κ3) is 2.33. The zero-order valence-corrected chi connectivity index (χ0v) is 10.1. The van der Waals surface area contributed by atoms with Gasteiger partial charge in [-0.25, -0.2) is 0 Å². The highest BCUT2D eigenvalue weighted by molar-refractivity contribution is 7.71. The number of nitrogens with one attached hydrogen (secondary N) is 1. The molecule has 0 spiro atoms. The molecule has 0 saturated heterocycles. The minimum atomic E-state index is 0.715. The van der Waals surface area contributed by atoms with E-state index in [9.17, 15) is 0 Å². The molecule has 0 unspecified atom stereocenters. The van der Waals surface area contributed by atoms with Crippen molar-refractivity contribution in [2.45, 2.75) is 20.3 Å². The molecule has 0 bridgehead atoms. The van der Waals surface area contributed by atoms with Gasteiger partial charge in [0.2, 0.25) is 0 Å². The highest BCUT2D eigenvalue weighted by Gasteiger charge is 2.03. The average molecular weight is 231 g/mol. The first-order valence-electron chi connectivity index (χ1n) is 5.12. The number of aromatic nitrogens is 3. The standard InChI is InChI=1S/C12H13N3S/c1-8-9(2)15-12(16)11(14-8)6-10-4-3-5-13-7-10/h3-5,7H,6H2,1-2H3,(H,15,16). The molecule has 16 heavy (non-hydrogen) atoms. The number of pyridine rings is 1. The van der Waals surface area contributed by atoms with Crippen molar-refractivity contribution in [2.75, 3.05) is 0 Å². The van der Waals surface area contributed by atoms with Gasteiger partial charge in [0.15, 0.2) is 0 Å². The van der Waals surface area contributed by atoms with Gasteiger partial charge in [0.05, 0.1) is 11.4 Å². The lowest BCUT2D eigenvalue weighted by Gasteiger charge is -2.05. The molecule has 0 fully saturated rings. The van der Waals surface area contributed by atoms with Crippen LogP contribution in [0.4, 0.5) is 0 Å². The third-order valence-corrected chi connectivity index (χ3v) is 2.84. The molecule has 2 heterocycles. The van der Waals surface area contributed by atoms with Crippen LogP contribution in [-0.4, -0.2) is 15.0 Å². The van der Waals surface area contributed by atoms with Crippen LogP contribution in [0.15, 0.2) is 24.5 Å². The van der Waals surface area contributed by atoms with Crippen LogP contribution in [0, 0.1) is 18.5 Å². The Morgan fingerprint density at radius 1 is 1.38 bits per heavy atom. The van der Waals surface area contributed by atoms with Gasteiger partial charge in [-0.15, -0.1) is 0 Å². The monoisotopic (exact) mass is 231 g/mol. The molecule has 0 aromatic carbocycles. The summed E-state index contributed by atoms with van der Waals surface area (Å²) in [6.07, 6.45) is 4.33. The van der Waals surface area contributed by atoms with E-state index in [0.717, 1.165) is 29.1 Å². The Morgan fingerprint density at radius 3 is 2.88 bits per heavy atom. The summed E-state index contributed by atoms with van der Waals surface area (Å²) in [5.41, 5.74) is 4.05. The number of hydrogen-bond donors (Lipinski definition) is 1. The Hall–Kier alpha value is -1.55. The molecule has 0 radical (unpaired) electrons. The van der Waals surface area contributed by atoms with Crippen molar-refractivity contribution in [1.82, 2.24) is 15.0 Å². The molecule has 2 aromatic heterocycles. The van der Waals surface area contributed by atoms with Crippen LogP contribution in [0.5, 0.6) is 0 Å². The van der Waals surface area contributed by atoms with Crippen molar-refractivity contribution in [3.05, 3.63) is 51.8 Å². The van der Waals surface area contributed by atoms with Crippen molar-refractivity contribution in [3.8, 4) is 0 Å². The van der Waals surface area contributed by atoms with Gasteiger partial charge in [-0.2, -0.15) is 0 Å². The van der Waals surface area contributed by atoms with Crippen LogP contribution in [-0.2, 0) is 6.42 Å². The van der Waals surface area contributed by atoms with Gasteiger partial charge in [-0.05, 0) is 25.5 Å². The smallest absolute Gasteiger partial charge is 0.125 e. The van der Waals surface area contributed by atoms with E-state index < -0.39 is 0 Å². The van der Waals surface area contributed by atoms with Gasteiger partial charge in [0, 0.05) is 24.5 Å². The summed E-state index contributed by atoms with van der Waals surface area (Å²) in [6.45, 7) is 3.96. The quantitative estimate of drug-likeness (QED) is 0.808. The van der Waals surface area contributed by atoms with E-state index in [0.29, 0.717) is 4.64 Å². The third-order valence-electron chi connectivity index (χ3n) is 2.50. The predicted octanol–water partition coefficient (Wildman–Crippen LogP) is 2.74. The fourth-order valence-electron chi connectivity index (χ4n) is 1.49. The lowest BCUT2D eigenvalue weighted by Crippen LogP contribution is -2.01. The zero-order chi connectivity index (χ0) is 11.5. The highest BCUT2D eigenvalue weighted by Crippen LogP contribution is 2.09. The van der Waals surface area contributed by atoms with Gasteiger partial charge in [-0.3, -0.25) is 9.97 Å². The summed E-state index contributed by atoms with van der Waals surface area (Å²) < 4.78 is 0.715. The molecule has 0 amide bonds. The van der Waals surface area contributed by atoms with Crippen LogP contribution < -0.4 is 0 Å². The first-order valence-corrected chi connectivity index (χ1v) is 5.53. The summed E-state index contributed by atoms with van der Waals surface area (Å²) in [4.78, 5) is 11.7. The van der Waals surface area contributed by atoms with Crippen LogP contribution in [0.25, 0.3) is 0 Å². The van der Waals surface area contributed by atoms with Crippen LogP contribution >= 0.6 is 12.2 Å². The highest BCUT2D eigenvalue weighted by atomic mass is 32.1. The first-order chi connectivity index (χ1) is 7.66.